The molecule has 4 heterocycles. The number of aliphatic hydroxyl groups excluding tert-OH is 1. The molecule has 0 radical (unpaired) electrons. The smallest absolute Gasteiger partial charge is 0.264 e. The highest BCUT2D eigenvalue weighted by Crippen LogP contribution is 2.60. The van der Waals surface area contributed by atoms with Crippen LogP contribution in [-0.4, -0.2) is 74.0 Å². The number of nitrogens with zero attached hydrogens (tertiary/aromatic N) is 2. The number of halogens is 2. The lowest BCUT2D eigenvalue weighted by Gasteiger charge is -2.31. The van der Waals surface area contributed by atoms with Crippen LogP contribution in [0.4, 0.5) is 15.5 Å². The van der Waals surface area contributed by atoms with E-state index in [-0.39, 0.29) is 49.4 Å². The molecule has 2 aromatic carbocycles. The van der Waals surface area contributed by atoms with Gasteiger partial charge >= 0.3 is 0 Å². The molecular formula is C33H42BrFN4O5Si. The van der Waals surface area contributed by atoms with Gasteiger partial charge in [-0.15, -0.1) is 0 Å². The first kappa shape index (κ1) is 32.3. The van der Waals surface area contributed by atoms with Crippen molar-refractivity contribution in [2.45, 2.75) is 88.0 Å². The number of fused-ring (bicyclic) bond motifs is 2. The van der Waals surface area contributed by atoms with Crippen LogP contribution in [0.3, 0.4) is 0 Å². The predicted molar refractivity (Wildman–Crippen MR) is 176 cm³/mol. The van der Waals surface area contributed by atoms with Gasteiger partial charge in [0.25, 0.3) is 5.91 Å². The molecular weight excluding hydrogens is 659 g/mol. The molecule has 6 rings (SSSR count). The third kappa shape index (κ3) is 5.88. The number of amides is 3. The first-order valence-corrected chi connectivity index (χ1v) is 19.7. The van der Waals surface area contributed by atoms with Crippen molar-refractivity contribution in [3.8, 4) is 0 Å². The maximum absolute atomic E-state index is 16.2. The average molecular weight is 702 g/mol. The molecule has 0 unspecified atom stereocenters. The molecule has 242 valence electrons. The molecule has 4 aliphatic heterocycles. The Morgan fingerprint density at radius 1 is 1.18 bits per heavy atom. The fourth-order valence-electron chi connectivity index (χ4n) is 8.03. The summed E-state index contributed by atoms with van der Waals surface area (Å²) in [6.07, 6.45) is 2.54. The minimum atomic E-state index is -3.43. The molecule has 3 fully saturated rings. The molecule has 6 atom stereocenters. The summed E-state index contributed by atoms with van der Waals surface area (Å²) < 4.78 is 23.7. The van der Waals surface area contributed by atoms with Gasteiger partial charge in [0.2, 0.25) is 20.2 Å². The third-order valence-corrected chi connectivity index (χ3v) is 13.1. The van der Waals surface area contributed by atoms with Crippen molar-refractivity contribution in [1.29, 1.82) is 0 Å². The quantitative estimate of drug-likeness (QED) is 0.269. The maximum Gasteiger partial charge on any atom is 0.264 e. The van der Waals surface area contributed by atoms with E-state index >= 15 is 4.11 Å². The number of hydrogen-bond donors (Lipinski definition) is 3. The SMILES string of the molecule is C[C@H]1[C@H]([Si](C)(C)F)[C@@H](CC(=O)N2CCC[C@H]2CO)O[C@]12C(=O)N(Cc1ccc(NC(=O)[C@H]3CCCN3)cc1)c1ccc(Br)cc12. The highest BCUT2D eigenvalue weighted by molar-refractivity contribution is 9.10. The van der Waals surface area contributed by atoms with Crippen molar-refractivity contribution in [3.05, 3.63) is 58.1 Å². The maximum atomic E-state index is 16.2. The number of likely N-dealkylation sites (tertiary alicyclic amines) is 1. The van der Waals surface area contributed by atoms with E-state index in [4.69, 9.17) is 4.74 Å². The zero-order valence-electron chi connectivity index (χ0n) is 26.0. The van der Waals surface area contributed by atoms with Gasteiger partial charge in [-0.05, 0) is 81.2 Å². The summed E-state index contributed by atoms with van der Waals surface area (Å²) in [5, 5.41) is 16.0. The second-order valence-electron chi connectivity index (χ2n) is 13.4. The summed E-state index contributed by atoms with van der Waals surface area (Å²) in [6.45, 7) is 6.70. The molecule has 9 nitrogen and oxygen atoms in total. The minimum Gasteiger partial charge on any atom is -0.394 e. The molecule has 3 N–H and O–H groups in total. The summed E-state index contributed by atoms with van der Waals surface area (Å²) in [6, 6.07) is 12.7. The van der Waals surface area contributed by atoms with E-state index in [1.54, 1.807) is 22.9 Å². The van der Waals surface area contributed by atoms with Crippen LogP contribution in [0.1, 0.15) is 50.2 Å². The first-order chi connectivity index (χ1) is 21.4. The van der Waals surface area contributed by atoms with Gasteiger partial charge in [-0.25, -0.2) is 0 Å². The highest BCUT2D eigenvalue weighted by Gasteiger charge is 2.67. The summed E-state index contributed by atoms with van der Waals surface area (Å²) in [4.78, 5) is 44.1. The Morgan fingerprint density at radius 3 is 2.60 bits per heavy atom. The fraction of sp³-hybridized carbons (Fsp3) is 0.545. The van der Waals surface area contributed by atoms with Crippen molar-refractivity contribution in [3.63, 3.8) is 0 Å². The molecule has 12 heteroatoms. The van der Waals surface area contributed by atoms with E-state index in [9.17, 15) is 19.5 Å². The lowest BCUT2D eigenvalue weighted by molar-refractivity contribution is -0.150. The number of anilines is 2. The molecule has 2 aromatic rings. The lowest BCUT2D eigenvalue weighted by atomic mass is 9.82. The van der Waals surface area contributed by atoms with Gasteiger partial charge in [-0.2, -0.15) is 0 Å². The third-order valence-electron chi connectivity index (χ3n) is 10.1. The predicted octanol–water partition coefficient (Wildman–Crippen LogP) is 4.83. The standard InChI is InChI=1S/C33H42BrFN4O5Si/c1-20-30(45(2,3)35)28(17-29(41)38-15-5-6-24(38)19-40)44-33(20)25-16-22(34)10-13-27(25)39(32(33)43)18-21-8-11-23(12-9-21)37-31(42)26-7-4-14-36-26/h8-13,16,20,24,26,28,30,36,40H,4-7,14-15,17-19H2,1-3H3,(H,37,42)/t20-,24-,26+,28+,30-,33+/m0/s1. The summed E-state index contributed by atoms with van der Waals surface area (Å²) in [5.41, 5.74) is 0.896. The van der Waals surface area contributed by atoms with E-state index in [0.717, 1.165) is 42.3 Å². The monoisotopic (exact) mass is 700 g/mol. The first-order valence-electron chi connectivity index (χ1n) is 16.0. The molecule has 3 saturated heterocycles. The number of aliphatic hydroxyl groups is 1. The van der Waals surface area contributed by atoms with Gasteiger partial charge in [0.15, 0.2) is 5.60 Å². The van der Waals surface area contributed by atoms with E-state index in [0.29, 0.717) is 23.5 Å². The van der Waals surface area contributed by atoms with Crippen LogP contribution in [0.15, 0.2) is 46.9 Å². The second kappa shape index (κ2) is 12.5. The number of benzene rings is 2. The number of nitrogens with one attached hydrogen (secondary N) is 2. The van der Waals surface area contributed by atoms with Crippen LogP contribution in [0.25, 0.3) is 0 Å². The van der Waals surface area contributed by atoms with Crippen LogP contribution >= 0.6 is 15.9 Å². The highest BCUT2D eigenvalue weighted by atomic mass is 79.9. The number of ether oxygens (including phenoxy) is 1. The van der Waals surface area contributed by atoms with Crippen molar-refractivity contribution < 1.29 is 28.3 Å². The minimum absolute atomic E-state index is 0.0339. The summed E-state index contributed by atoms with van der Waals surface area (Å²) in [7, 11) is -3.43. The van der Waals surface area contributed by atoms with E-state index in [1.165, 1.54) is 0 Å². The van der Waals surface area contributed by atoms with Crippen LogP contribution in [0.2, 0.25) is 18.6 Å². The number of carbonyl (C=O) groups excluding carboxylic acids is 3. The average Bonchev–Trinajstić information content (AvgIpc) is 3.78. The molecule has 0 aromatic heterocycles. The second-order valence-corrected chi connectivity index (χ2v) is 18.1. The van der Waals surface area contributed by atoms with Gasteiger partial charge in [-0.3, -0.25) is 14.4 Å². The van der Waals surface area contributed by atoms with E-state index in [2.05, 4.69) is 26.6 Å². The Hall–Kier alpha value is -2.64. The van der Waals surface area contributed by atoms with Gasteiger partial charge in [0.1, 0.15) is 0 Å². The van der Waals surface area contributed by atoms with Crippen molar-refractivity contribution in [2.75, 3.05) is 29.9 Å². The number of carbonyl (C=O) groups is 3. The summed E-state index contributed by atoms with van der Waals surface area (Å²) in [5.74, 6) is -0.999. The zero-order valence-corrected chi connectivity index (χ0v) is 28.6. The Bertz CT molecular complexity index is 1470. The Morgan fingerprint density at radius 2 is 1.93 bits per heavy atom. The van der Waals surface area contributed by atoms with Gasteiger partial charge < -0.3 is 34.4 Å². The van der Waals surface area contributed by atoms with Gasteiger partial charge in [-0.1, -0.05) is 35.0 Å². The van der Waals surface area contributed by atoms with Crippen molar-refractivity contribution in [1.82, 2.24) is 10.2 Å². The number of rotatable bonds is 8. The molecule has 45 heavy (non-hydrogen) atoms. The molecule has 1 spiro atoms. The Balaban J connectivity index is 1.28. The lowest BCUT2D eigenvalue weighted by Crippen LogP contribution is -2.45. The Kier molecular flexibility index (Phi) is 8.99. The van der Waals surface area contributed by atoms with Gasteiger partial charge in [0, 0.05) is 33.7 Å². The summed E-state index contributed by atoms with van der Waals surface area (Å²) >= 11 is 3.57. The fourth-order valence-corrected chi connectivity index (χ4v) is 10.9. The zero-order chi connectivity index (χ0) is 32.1. The van der Waals surface area contributed by atoms with Gasteiger partial charge in [0.05, 0.1) is 43.4 Å². The van der Waals surface area contributed by atoms with Crippen LogP contribution < -0.4 is 15.5 Å². The van der Waals surface area contributed by atoms with Crippen molar-refractivity contribution >= 4 is 53.4 Å². The van der Waals surface area contributed by atoms with Crippen molar-refractivity contribution in [2.24, 2.45) is 5.92 Å². The largest absolute Gasteiger partial charge is 0.394 e. The topological polar surface area (TPSA) is 111 Å². The van der Waals surface area contributed by atoms with Crippen LogP contribution in [-0.2, 0) is 31.3 Å². The van der Waals surface area contributed by atoms with Crippen LogP contribution in [0.5, 0.6) is 0 Å². The molecule has 0 saturated carbocycles. The molecule has 3 amide bonds. The molecule has 0 aliphatic carbocycles. The van der Waals surface area contributed by atoms with E-state index < -0.39 is 31.6 Å². The molecule has 4 aliphatic rings. The number of hydrogen-bond acceptors (Lipinski definition) is 6. The normalized spacial score (nSPS) is 29.6. The molecule has 0 bridgehead atoms. The van der Waals surface area contributed by atoms with Crippen LogP contribution in [0, 0.1) is 5.92 Å². The Labute approximate surface area is 273 Å². The van der Waals surface area contributed by atoms with E-state index in [1.807, 2.05) is 49.4 Å².